The monoisotopic (exact) mass is 347 g/mol. The van der Waals surface area contributed by atoms with E-state index >= 15 is 0 Å². The Kier molecular flexibility index (Phi) is 4.02. The number of rotatable bonds is 4. The molecule has 0 bridgehead atoms. The topological polar surface area (TPSA) is 105 Å². The van der Waals surface area contributed by atoms with Crippen molar-refractivity contribution in [2.75, 3.05) is 0 Å². The predicted octanol–water partition coefficient (Wildman–Crippen LogP) is 2.89. The number of aromatic nitrogens is 3. The van der Waals surface area contributed by atoms with Crippen LogP contribution >= 0.6 is 0 Å². The molecule has 0 saturated carbocycles. The Hall–Kier alpha value is -2.45. The number of phenols is 1. The second-order valence-corrected chi connectivity index (χ2v) is 7.04. The average molecular weight is 347 g/mol. The zero-order valence-corrected chi connectivity index (χ0v) is 14.0. The zero-order valence-electron chi connectivity index (χ0n) is 13.2. The highest BCUT2D eigenvalue weighted by Gasteiger charge is 2.23. The van der Waals surface area contributed by atoms with Crippen molar-refractivity contribution < 1.29 is 18.1 Å². The number of aromatic hydroxyl groups is 1. The molecule has 2 N–H and O–H groups in total. The Morgan fingerprint density at radius 3 is 2.25 bits per heavy atom. The van der Waals surface area contributed by atoms with Crippen LogP contribution in [0.5, 0.6) is 5.75 Å². The van der Waals surface area contributed by atoms with E-state index in [0.29, 0.717) is 16.6 Å². The lowest BCUT2D eigenvalue weighted by molar-refractivity contribution is 0.437. The van der Waals surface area contributed by atoms with Gasteiger partial charge in [-0.25, -0.2) is 0 Å². The SMILES string of the molecule is CCC(C)c1cc(-n2nc3ccccc3n2)c(O)c(S(=O)(=O)O)c1. The minimum atomic E-state index is -4.58. The summed E-state index contributed by atoms with van der Waals surface area (Å²) < 4.78 is 32.7. The zero-order chi connectivity index (χ0) is 17.5. The van der Waals surface area contributed by atoms with Crippen LogP contribution in [-0.4, -0.2) is 33.1 Å². The van der Waals surface area contributed by atoms with Crippen molar-refractivity contribution in [3.8, 4) is 11.4 Å². The normalized spacial score (nSPS) is 13.3. The minimum absolute atomic E-state index is 0.0369. The maximum Gasteiger partial charge on any atom is 0.298 e. The first-order valence-electron chi connectivity index (χ1n) is 7.48. The standard InChI is InChI=1S/C16H17N3O4S/c1-3-10(2)11-8-14(16(20)15(9-11)24(21,22)23)19-17-12-6-4-5-7-13(12)18-19/h4-10,20H,3H2,1-2H3,(H,21,22,23). The quantitative estimate of drug-likeness (QED) is 0.703. The van der Waals surface area contributed by atoms with Crippen LogP contribution in [0.15, 0.2) is 41.3 Å². The molecule has 7 nitrogen and oxygen atoms in total. The first-order chi connectivity index (χ1) is 11.3. The molecule has 1 heterocycles. The molecule has 1 aromatic heterocycles. The van der Waals surface area contributed by atoms with Crippen LogP contribution in [0, 0.1) is 0 Å². The van der Waals surface area contributed by atoms with Crippen LogP contribution in [0.2, 0.25) is 0 Å². The lowest BCUT2D eigenvalue weighted by Gasteiger charge is -2.14. The molecule has 2 aromatic carbocycles. The summed E-state index contributed by atoms with van der Waals surface area (Å²) in [6.07, 6.45) is 0.768. The van der Waals surface area contributed by atoms with Crippen LogP contribution in [-0.2, 0) is 10.1 Å². The van der Waals surface area contributed by atoms with Gasteiger partial charge in [0.15, 0.2) is 5.75 Å². The fourth-order valence-electron chi connectivity index (χ4n) is 2.45. The Balaban J connectivity index is 2.29. The van der Waals surface area contributed by atoms with Crippen molar-refractivity contribution >= 4 is 21.2 Å². The number of hydrogen-bond donors (Lipinski definition) is 2. The number of phenolic OH excluding ortho intramolecular Hbond substituents is 1. The molecule has 1 atom stereocenters. The Morgan fingerprint density at radius 1 is 1.17 bits per heavy atom. The number of hydrogen-bond acceptors (Lipinski definition) is 5. The van der Waals surface area contributed by atoms with Crippen molar-refractivity contribution in [2.24, 2.45) is 0 Å². The number of benzene rings is 2. The molecule has 0 amide bonds. The van der Waals surface area contributed by atoms with Crippen LogP contribution in [0.1, 0.15) is 31.7 Å². The van der Waals surface area contributed by atoms with Gasteiger partial charge in [-0.3, -0.25) is 4.55 Å². The molecule has 0 fully saturated rings. The maximum atomic E-state index is 11.6. The lowest BCUT2D eigenvalue weighted by atomic mass is 9.98. The van der Waals surface area contributed by atoms with Gasteiger partial charge in [-0.2, -0.15) is 8.42 Å². The fraction of sp³-hybridized carbons (Fsp3) is 0.250. The molecular formula is C16H17N3O4S. The van der Waals surface area contributed by atoms with Crippen molar-refractivity contribution in [1.29, 1.82) is 0 Å². The van der Waals surface area contributed by atoms with Gasteiger partial charge < -0.3 is 5.11 Å². The Bertz CT molecular complexity index is 978. The molecule has 0 aliphatic carbocycles. The molecule has 0 spiro atoms. The smallest absolute Gasteiger partial charge is 0.298 e. The summed E-state index contributed by atoms with van der Waals surface area (Å²) in [5.41, 5.74) is 1.99. The maximum absolute atomic E-state index is 11.6. The van der Waals surface area contributed by atoms with Gasteiger partial charge in [0.2, 0.25) is 0 Å². The highest BCUT2D eigenvalue weighted by atomic mass is 32.2. The number of nitrogens with zero attached hydrogens (tertiary/aromatic N) is 3. The van der Waals surface area contributed by atoms with Gasteiger partial charge in [0.1, 0.15) is 21.6 Å². The van der Waals surface area contributed by atoms with Crippen molar-refractivity contribution in [2.45, 2.75) is 31.1 Å². The third-order valence-electron chi connectivity index (χ3n) is 4.04. The molecule has 3 rings (SSSR count). The van der Waals surface area contributed by atoms with E-state index in [1.807, 2.05) is 13.8 Å². The fourth-order valence-corrected chi connectivity index (χ4v) is 3.08. The molecule has 24 heavy (non-hydrogen) atoms. The van der Waals surface area contributed by atoms with E-state index in [1.165, 1.54) is 10.9 Å². The van der Waals surface area contributed by atoms with Gasteiger partial charge in [-0.05, 0) is 42.2 Å². The third-order valence-corrected chi connectivity index (χ3v) is 4.91. The summed E-state index contributed by atoms with van der Waals surface area (Å²) in [5.74, 6) is -0.542. The van der Waals surface area contributed by atoms with Gasteiger partial charge >= 0.3 is 0 Å². The highest BCUT2D eigenvalue weighted by molar-refractivity contribution is 7.86. The second kappa shape index (κ2) is 5.88. The van der Waals surface area contributed by atoms with Crippen LogP contribution in [0.4, 0.5) is 0 Å². The van der Waals surface area contributed by atoms with Gasteiger partial charge in [0.25, 0.3) is 10.1 Å². The highest BCUT2D eigenvalue weighted by Crippen LogP contribution is 2.34. The summed E-state index contributed by atoms with van der Waals surface area (Å²) in [6.45, 7) is 3.89. The number of fused-ring (bicyclic) bond motifs is 1. The van der Waals surface area contributed by atoms with E-state index in [2.05, 4.69) is 10.2 Å². The van der Waals surface area contributed by atoms with Crippen molar-refractivity contribution in [1.82, 2.24) is 15.0 Å². The molecule has 126 valence electrons. The minimum Gasteiger partial charge on any atom is -0.504 e. The van der Waals surface area contributed by atoms with E-state index in [9.17, 15) is 18.1 Å². The van der Waals surface area contributed by atoms with Gasteiger partial charge in [0, 0.05) is 0 Å². The molecule has 3 aromatic rings. The Morgan fingerprint density at radius 2 is 1.75 bits per heavy atom. The first kappa shape index (κ1) is 16.4. The molecule has 0 aliphatic heterocycles. The van der Waals surface area contributed by atoms with Crippen molar-refractivity contribution in [3.05, 3.63) is 42.0 Å². The van der Waals surface area contributed by atoms with E-state index in [0.717, 1.165) is 6.42 Å². The predicted molar refractivity (Wildman–Crippen MR) is 89.1 cm³/mol. The van der Waals surface area contributed by atoms with Crippen LogP contribution < -0.4 is 0 Å². The summed E-state index contributed by atoms with van der Waals surface area (Å²) in [4.78, 5) is 0.636. The van der Waals surface area contributed by atoms with E-state index in [1.54, 1.807) is 30.3 Å². The summed E-state index contributed by atoms with van der Waals surface area (Å²) in [6, 6.07) is 10.1. The largest absolute Gasteiger partial charge is 0.504 e. The van der Waals surface area contributed by atoms with Crippen LogP contribution in [0.3, 0.4) is 0 Å². The Labute approximate surface area is 139 Å². The third kappa shape index (κ3) is 2.85. The van der Waals surface area contributed by atoms with Gasteiger partial charge in [-0.1, -0.05) is 26.0 Å². The lowest BCUT2D eigenvalue weighted by Crippen LogP contribution is -2.07. The van der Waals surface area contributed by atoms with Crippen molar-refractivity contribution in [3.63, 3.8) is 0 Å². The summed E-state index contributed by atoms with van der Waals surface area (Å²) in [5, 5.41) is 18.9. The average Bonchev–Trinajstić information content (AvgIpc) is 2.97. The molecule has 0 aliphatic rings. The van der Waals surface area contributed by atoms with E-state index < -0.39 is 20.8 Å². The van der Waals surface area contributed by atoms with E-state index in [-0.39, 0.29) is 11.6 Å². The summed E-state index contributed by atoms with van der Waals surface area (Å²) in [7, 11) is -4.58. The second-order valence-electron chi connectivity index (χ2n) is 5.65. The summed E-state index contributed by atoms with van der Waals surface area (Å²) >= 11 is 0. The molecule has 8 heteroatoms. The van der Waals surface area contributed by atoms with Crippen LogP contribution in [0.25, 0.3) is 16.7 Å². The molecule has 0 saturated heterocycles. The molecule has 0 radical (unpaired) electrons. The molecular weight excluding hydrogens is 330 g/mol. The van der Waals surface area contributed by atoms with Gasteiger partial charge in [0.05, 0.1) is 0 Å². The van der Waals surface area contributed by atoms with Gasteiger partial charge in [-0.15, -0.1) is 15.0 Å². The van der Waals surface area contributed by atoms with E-state index in [4.69, 9.17) is 0 Å². The molecule has 1 unspecified atom stereocenters. The first-order valence-corrected chi connectivity index (χ1v) is 8.92.